The predicted octanol–water partition coefficient (Wildman–Crippen LogP) is 1.71. The molecule has 0 aliphatic rings. The second-order valence-corrected chi connectivity index (χ2v) is 5.97. The van der Waals surface area contributed by atoms with E-state index < -0.39 is 17.8 Å². The number of halogens is 3. The molecule has 26 heavy (non-hydrogen) atoms. The molecule has 1 unspecified atom stereocenters. The van der Waals surface area contributed by atoms with E-state index in [2.05, 4.69) is 25.5 Å². The summed E-state index contributed by atoms with van der Waals surface area (Å²) in [5, 5.41) is 10.3. The van der Waals surface area contributed by atoms with Crippen LogP contribution in [-0.2, 0) is 12.7 Å². The van der Waals surface area contributed by atoms with Gasteiger partial charge in [0.25, 0.3) is 11.7 Å². The summed E-state index contributed by atoms with van der Waals surface area (Å²) in [6.45, 7) is 3.83. The van der Waals surface area contributed by atoms with Gasteiger partial charge in [0.1, 0.15) is 0 Å². The Kier molecular flexibility index (Phi) is 4.62. The van der Waals surface area contributed by atoms with Crippen molar-refractivity contribution in [1.29, 1.82) is 0 Å². The Labute approximate surface area is 146 Å². The summed E-state index contributed by atoms with van der Waals surface area (Å²) in [7, 11) is 0. The molecule has 3 heterocycles. The van der Waals surface area contributed by atoms with Crippen molar-refractivity contribution in [3.63, 3.8) is 0 Å². The molecule has 1 amide bonds. The van der Waals surface area contributed by atoms with Crippen LogP contribution in [0.2, 0.25) is 0 Å². The van der Waals surface area contributed by atoms with Crippen LogP contribution >= 0.6 is 0 Å². The molecule has 3 rings (SSSR count). The van der Waals surface area contributed by atoms with Gasteiger partial charge in [-0.1, -0.05) is 6.92 Å². The van der Waals surface area contributed by atoms with E-state index in [1.807, 2.05) is 0 Å². The van der Waals surface area contributed by atoms with Gasteiger partial charge in [0, 0.05) is 31.2 Å². The van der Waals surface area contributed by atoms with Crippen molar-refractivity contribution < 1.29 is 18.0 Å². The zero-order chi connectivity index (χ0) is 18.9. The van der Waals surface area contributed by atoms with Crippen molar-refractivity contribution in [2.75, 3.05) is 6.54 Å². The van der Waals surface area contributed by atoms with E-state index in [0.717, 1.165) is 6.07 Å². The Morgan fingerprint density at radius 1 is 1.35 bits per heavy atom. The molecule has 0 fully saturated rings. The molecule has 0 aliphatic heterocycles. The number of hydrogen-bond acceptors (Lipinski definition) is 5. The third kappa shape index (κ3) is 3.81. The molecular formula is C15H16F3N7O. The summed E-state index contributed by atoms with van der Waals surface area (Å²) in [6, 6.07) is 2.66. The molecule has 0 spiro atoms. The Hall–Kier alpha value is -2.98. The van der Waals surface area contributed by atoms with Crippen LogP contribution < -0.4 is 5.32 Å². The minimum absolute atomic E-state index is 0.0227. The first-order valence-electron chi connectivity index (χ1n) is 7.81. The molecule has 3 aromatic rings. The molecule has 1 N–H and O–H groups in total. The zero-order valence-corrected chi connectivity index (χ0v) is 14.0. The summed E-state index contributed by atoms with van der Waals surface area (Å²) in [5.41, 5.74) is -0.517. The highest BCUT2D eigenvalue weighted by molar-refractivity contribution is 5.90. The molecule has 0 aliphatic carbocycles. The van der Waals surface area contributed by atoms with Crippen LogP contribution in [0.3, 0.4) is 0 Å². The molecule has 0 radical (unpaired) electrons. The van der Waals surface area contributed by atoms with Gasteiger partial charge in [0.05, 0.1) is 0 Å². The molecule has 3 aromatic heterocycles. The maximum atomic E-state index is 12.7. The molecule has 8 nitrogen and oxygen atoms in total. The smallest absolute Gasteiger partial charge is 0.349 e. The monoisotopic (exact) mass is 367 g/mol. The van der Waals surface area contributed by atoms with Gasteiger partial charge in [0.2, 0.25) is 5.82 Å². The molecule has 11 heteroatoms. The number of nitrogens with one attached hydrogen (secondary N) is 1. The number of aryl methyl sites for hydroxylation is 1. The number of rotatable bonds is 5. The van der Waals surface area contributed by atoms with E-state index in [4.69, 9.17) is 0 Å². The van der Waals surface area contributed by atoms with Crippen molar-refractivity contribution >= 4 is 11.7 Å². The van der Waals surface area contributed by atoms with E-state index in [1.54, 1.807) is 26.1 Å². The first kappa shape index (κ1) is 17.8. The second-order valence-electron chi connectivity index (χ2n) is 5.97. The summed E-state index contributed by atoms with van der Waals surface area (Å²) in [6.07, 6.45) is -1.32. The number of fused-ring (bicyclic) bond motifs is 1. The van der Waals surface area contributed by atoms with Crippen molar-refractivity contribution in [2.45, 2.75) is 26.6 Å². The highest BCUT2D eigenvalue weighted by Gasteiger charge is 2.34. The van der Waals surface area contributed by atoms with Crippen LogP contribution in [0.4, 0.5) is 13.2 Å². The van der Waals surface area contributed by atoms with Gasteiger partial charge in [0.15, 0.2) is 5.69 Å². The van der Waals surface area contributed by atoms with Crippen LogP contribution in [0, 0.1) is 12.8 Å². The van der Waals surface area contributed by atoms with Crippen molar-refractivity contribution in [1.82, 2.24) is 34.7 Å². The van der Waals surface area contributed by atoms with Gasteiger partial charge in [-0.25, -0.2) is 9.50 Å². The third-order valence-corrected chi connectivity index (χ3v) is 3.69. The summed E-state index contributed by atoms with van der Waals surface area (Å²) < 4.78 is 40.7. The van der Waals surface area contributed by atoms with E-state index in [0.29, 0.717) is 11.5 Å². The lowest BCUT2D eigenvalue weighted by Gasteiger charge is -2.13. The Bertz CT molecular complexity index is 898. The lowest BCUT2D eigenvalue weighted by molar-refractivity contribution is -0.141. The van der Waals surface area contributed by atoms with Crippen LogP contribution in [0.1, 0.15) is 28.9 Å². The molecule has 0 aromatic carbocycles. The van der Waals surface area contributed by atoms with Crippen molar-refractivity contribution in [3.05, 3.63) is 41.7 Å². The lowest BCUT2D eigenvalue weighted by atomic mass is 10.2. The number of amides is 1. The third-order valence-electron chi connectivity index (χ3n) is 3.69. The highest BCUT2D eigenvalue weighted by Crippen LogP contribution is 2.28. The zero-order valence-electron chi connectivity index (χ0n) is 14.0. The number of carbonyl (C=O) groups is 1. The van der Waals surface area contributed by atoms with Gasteiger partial charge in [-0.3, -0.25) is 9.48 Å². The van der Waals surface area contributed by atoms with Crippen LogP contribution in [0.5, 0.6) is 0 Å². The Balaban J connectivity index is 1.59. The maximum absolute atomic E-state index is 12.7. The van der Waals surface area contributed by atoms with Gasteiger partial charge in [-0.05, 0) is 25.0 Å². The molecule has 1 atom stereocenters. The Morgan fingerprint density at radius 3 is 2.77 bits per heavy atom. The summed E-state index contributed by atoms with van der Waals surface area (Å²) >= 11 is 0. The number of nitrogens with zero attached hydrogens (tertiary/aromatic N) is 6. The molecular weight excluding hydrogens is 351 g/mol. The Morgan fingerprint density at radius 2 is 2.12 bits per heavy atom. The number of alkyl halides is 3. The van der Waals surface area contributed by atoms with Gasteiger partial charge in [-0.15, -0.1) is 5.10 Å². The van der Waals surface area contributed by atoms with Crippen molar-refractivity contribution in [2.24, 2.45) is 5.92 Å². The average molecular weight is 367 g/mol. The predicted molar refractivity (Wildman–Crippen MR) is 84.2 cm³/mol. The molecule has 138 valence electrons. The van der Waals surface area contributed by atoms with Gasteiger partial charge >= 0.3 is 6.18 Å². The van der Waals surface area contributed by atoms with E-state index in [-0.39, 0.29) is 24.8 Å². The minimum atomic E-state index is -4.48. The SMILES string of the molecule is Cc1cc(C(F)(F)F)nn1CC(C)CNC(=O)c1nc2ncccn2n1. The first-order valence-corrected chi connectivity index (χ1v) is 7.81. The summed E-state index contributed by atoms with van der Waals surface area (Å²) in [4.78, 5) is 20.1. The minimum Gasteiger partial charge on any atom is -0.349 e. The number of aromatic nitrogens is 6. The van der Waals surface area contributed by atoms with Gasteiger partial charge < -0.3 is 5.32 Å². The number of hydrogen-bond donors (Lipinski definition) is 1. The maximum Gasteiger partial charge on any atom is 0.435 e. The molecule has 0 saturated carbocycles. The topological polar surface area (TPSA) is 90.0 Å². The average Bonchev–Trinajstić information content (AvgIpc) is 3.16. The fraction of sp³-hybridized carbons (Fsp3) is 0.400. The molecule has 0 bridgehead atoms. The quantitative estimate of drug-likeness (QED) is 0.742. The fourth-order valence-corrected chi connectivity index (χ4v) is 2.37. The standard InChI is InChI=1S/C15H16F3N7O/c1-9(8-25-10(2)6-11(22-25)15(16,17)18)7-20-13(26)12-21-14-19-4-3-5-24(14)23-12/h3-6,9H,7-8H2,1-2H3,(H,20,26). The van der Waals surface area contributed by atoms with Gasteiger partial charge in [-0.2, -0.15) is 23.3 Å². The first-order chi connectivity index (χ1) is 12.2. The largest absolute Gasteiger partial charge is 0.435 e. The lowest BCUT2D eigenvalue weighted by Crippen LogP contribution is -2.31. The van der Waals surface area contributed by atoms with Crippen molar-refractivity contribution in [3.8, 4) is 0 Å². The van der Waals surface area contributed by atoms with Crippen LogP contribution in [0.15, 0.2) is 24.5 Å². The normalized spacial score (nSPS) is 13.1. The highest BCUT2D eigenvalue weighted by atomic mass is 19.4. The van der Waals surface area contributed by atoms with Crippen LogP contribution in [-0.4, -0.2) is 41.8 Å². The van der Waals surface area contributed by atoms with E-state index in [1.165, 1.54) is 15.4 Å². The number of carbonyl (C=O) groups excluding carboxylic acids is 1. The fourth-order valence-electron chi connectivity index (χ4n) is 2.37. The summed E-state index contributed by atoms with van der Waals surface area (Å²) in [5.74, 6) is -0.340. The van der Waals surface area contributed by atoms with Crippen LogP contribution in [0.25, 0.3) is 5.78 Å². The second kappa shape index (κ2) is 6.73. The molecule has 0 saturated heterocycles. The van der Waals surface area contributed by atoms with E-state index >= 15 is 0 Å². The van der Waals surface area contributed by atoms with E-state index in [9.17, 15) is 18.0 Å².